The molecule has 0 unspecified atom stereocenters. The number of pyridine rings is 3. The number of amides is 1. The first kappa shape index (κ1) is 15.2. The molecule has 0 spiro atoms. The summed E-state index contributed by atoms with van der Waals surface area (Å²) >= 11 is 0. The molecule has 0 saturated carbocycles. The Balaban J connectivity index is 1.71. The highest BCUT2D eigenvalue weighted by atomic mass is 19.1. The van der Waals surface area contributed by atoms with Crippen LogP contribution in [-0.4, -0.2) is 21.0 Å². The van der Waals surface area contributed by atoms with Crippen molar-refractivity contribution in [3.8, 4) is 11.1 Å². The molecule has 3 aromatic heterocycles. The number of carbonyl (C=O) groups excluding carboxylic acids is 1. The Morgan fingerprint density at radius 3 is 2.48 bits per heavy atom. The third kappa shape index (κ3) is 3.03. The minimum Gasteiger partial charge on any atom is -0.439 e. The van der Waals surface area contributed by atoms with Crippen LogP contribution in [0.5, 0.6) is 0 Å². The summed E-state index contributed by atoms with van der Waals surface area (Å²) in [6, 6.07) is 6.44. The lowest BCUT2D eigenvalue weighted by Crippen LogP contribution is -2.19. The van der Waals surface area contributed by atoms with Crippen molar-refractivity contribution < 1.29 is 13.9 Å². The molecule has 3 aromatic rings. The van der Waals surface area contributed by atoms with E-state index >= 15 is 0 Å². The lowest BCUT2D eigenvalue weighted by atomic mass is 9.97. The average Bonchev–Trinajstić information content (AvgIpc) is 3.04. The number of rotatable bonds is 3. The zero-order chi connectivity index (χ0) is 17.2. The summed E-state index contributed by atoms with van der Waals surface area (Å²) in [4.78, 5) is 23.9. The van der Waals surface area contributed by atoms with Crippen molar-refractivity contribution in [1.82, 2.24) is 20.3 Å². The first-order valence-corrected chi connectivity index (χ1v) is 7.63. The van der Waals surface area contributed by atoms with Gasteiger partial charge in [0, 0.05) is 47.7 Å². The Kier molecular flexibility index (Phi) is 3.81. The van der Waals surface area contributed by atoms with E-state index in [-0.39, 0.29) is 0 Å². The third-order valence-corrected chi connectivity index (χ3v) is 3.98. The highest BCUT2D eigenvalue weighted by Crippen LogP contribution is 2.37. The van der Waals surface area contributed by atoms with E-state index in [2.05, 4.69) is 20.3 Å². The minimum absolute atomic E-state index is 0.411. The summed E-state index contributed by atoms with van der Waals surface area (Å²) < 4.78 is 18.8. The Hall–Kier alpha value is -3.35. The summed E-state index contributed by atoms with van der Waals surface area (Å²) in [7, 11) is 0. The van der Waals surface area contributed by atoms with Crippen molar-refractivity contribution in [3.05, 3.63) is 78.4 Å². The van der Waals surface area contributed by atoms with E-state index in [0.29, 0.717) is 11.1 Å². The number of halogens is 1. The lowest BCUT2D eigenvalue weighted by molar-refractivity contribution is 0.132. The molecule has 0 bridgehead atoms. The predicted octanol–water partition coefficient (Wildman–Crippen LogP) is 3.20. The number of alkyl carbamates (subject to hydrolysis) is 1. The number of hydrogen-bond donors (Lipinski definition) is 1. The van der Waals surface area contributed by atoms with E-state index in [1.54, 1.807) is 37.1 Å². The van der Waals surface area contributed by atoms with Gasteiger partial charge in [-0.15, -0.1) is 0 Å². The van der Waals surface area contributed by atoms with E-state index in [1.165, 1.54) is 6.07 Å². The fourth-order valence-corrected chi connectivity index (χ4v) is 2.84. The first-order chi connectivity index (χ1) is 12.2. The van der Waals surface area contributed by atoms with Crippen LogP contribution in [0.4, 0.5) is 9.18 Å². The van der Waals surface area contributed by atoms with Crippen LogP contribution in [0.2, 0.25) is 0 Å². The third-order valence-electron chi connectivity index (χ3n) is 3.98. The monoisotopic (exact) mass is 336 g/mol. The van der Waals surface area contributed by atoms with Gasteiger partial charge in [-0.25, -0.2) is 9.18 Å². The van der Waals surface area contributed by atoms with Gasteiger partial charge in [-0.05, 0) is 23.8 Å². The van der Waals surface area contributed by atoms with Gasteiger partial charge < -0.3 is 10.1 Å². The molecule has 4 heterocycles. The topological polar surface area (TPSA) is 77.0 Å². The summed E-state index contributed by atoms with van der Waals surface area (Å²) in [6.45, 7) is 0. The molecule has 0 radical (unpaired) electrons. The fourth-order valence-electron chi connectivity index (χ4n) is 2.84. The van der Waals surface area contributed by atoms with Gasteiger partial charge in [0.15, 0.2) is 6.10 Å². The van der Waals surface area contributed by atoms with E-state index in [0.717, 1.165) is 17.3 Å². The van der Waals surface area contributed by atoms with Crippen LogP contribution in [0.15, 0.2) is 61.4 Å². The van der Waals surface area contributed by atoms with Crippen molar-refractivity contribution in [2.75, 3.05) is 0 Å². The van der Waals surface area contributed by atoms with Gasteiger partial charge in [-0.2, -0.15) is 0 Å². The van der Waals surface area contributed by atoms with E-state index in [9.17, 15) is 9.18 Å². The van der Waals surface area contributed by atoms with Gasteiger partial charge in [-0.3, -0.25) is 15.0 Å². The van der Waals surface area contributed by atoms with Crippen LogP contribution in [-0.2, 0) is 4.74 Å². The highest BCUT2D eigenvalue weighted by molar-refractivity contribution is 5.71. The number of aromatic nitrogens is 3. The zero-order valence-electron chi connectivity index (χ0n) is 13.0. The SMILES string of the molecule is O=C1N[C@H](c2cncc(-c3cncc(F)c3)c2)[C@@H](c2cccnc2)O1. The molecule has 0 aliphatic carbocycles. The van der Waals surface area contributed by atoms with Gasteiger partial charge >= 0.3 is 6.09 Å². The number of hydrogen-bond acceptors (Lipinski definition) is 5. The van der Waals surface area contributed by atoms with Crippen LogP contribution in [0.1, 0.15) is 23.3 Å². The lowest BCUT2D eigenvalue weighted by Gasteiger charge is -2.17. The molecule has 1 amide bonds. The number of nitrogens with one attached hydrogen (secondary N) is 1. The maximum Gasteiger partial charge on any atom is 0.408 e. The highest BCUT2D eigenvalue weighted by Gasteiger charge is 2.36. The Morgan fingerprint density at radius 2 is 1.72 bits per heavy atom. The van der Waals surface area contributed by atoms with Crippen molar-refractivity contribution >= 4 is 6.09 Å². The first-order valence-electron chi connectivity index (χ1n) is 7.63. The largest absolute Gasteiger partial charge is 0.439 e. The van der Waals surface area contributed by atoms with E-state index < -0.39 is 24.1 Å². The average molecular weight is 336 g/mol. The molecule has 1 aliphatic heterocycles. The summed E-state index contributed by atoms with van der Waals surface area (Å²) in [5, 5.41) is 2.79. The quantitative estimate of drug-likeness (QED) is 0.795. The van der Waals surface area contributed by atoms with E-state index in [4.69, 9.17) is 4.74 Å². The van der Waals surface area contributed by atoms with Crippen LogP contribution in [0.3, 0.4) is 0 Å². The number of carbonyl (C=O) groups is 1. The molecule has 1 saturated heterocycles. The summed E-state index contributed by atoms with van der Waals surface area (Å²) in [5.41, 5.74) is 2.85. The molecule has 1 aliphatic rings. The van der Waals surface area contributed by atoms with Gasteiger partial charge in [-0.1, -0.05) is 6.07 Å². The summed E-state index contributed by atoms with van der Waals surface area (Å²) in [5.74, 6) is -0.423. The van der Waals surface area contributed by atoms with Crippen LogP contribution < -0.4 is 5.32 Å². The number of ether oxygens (including phenoxy) is 1. The maximum absolute atomic E-state index is 13.4. The van der Waals surface area contributed by atoms with Crippen LogP contribution >= 0.6 is 0 Å². The normalized spacial score (nSPS) is 19.3. The number of nitrogens with zero attached hydrogens (tertiary/aromatic N) is 3. The molecule has 4 rings (SSSR count). The molecule has 7 heteroatoms. The number of cyclic esters (lactones) is 1. The van der Waals surface area contributed by atoms with Gasteiger partial charge in [0.25, 0.3) is 0 Å². The predicted molar refractivity (Wildman–Crippen MR) is 86.8 cm³/mol. The summed E-state index contributed by atoms with van der Waals surface area (Å²) in [6.07, 6.45) is 8.28. The van der Waals surface area contributed by atoms with E-state index in [1.807, 2.05) is 12.1 Å². The molecule has 124 valence electrons. The molecule has 0 aromatic carbocycles. The second-order valence-corrected chi connectivity index (χ2v) is 5.63. The Bertz CT molecular complexity index is 920. The maximum atomic E-state index is 13.4. The van der Waals surface area contributed by atoms with Gasteiger partial charge in [0.1, 0.15) is 11.9 Å². The van der Waals surface area contributed by atoms with Crippen molar-refractivity contribution in [3.63, 3.8) is 0 Å². The molecule has 1 N–H and O–H groups in total. The zero-order valence-corrected chi connectivity index (χ0v) is 13.0. The molecule has 1 fully saturated rings. The van der Waals surface area contributed by atoms with Gasteiger partial charge in [0.2, 0.25) is 0 Å². The van der Waals surface area contributed by atoms with Crippen LogP contribution in [0, 0.1) is 5.82 Å². The molecule has 25 heavy (non-hydrogen) atoms. The Labute approximate surface area is 142 Å². The second kappa shape index (κ2) is 6.27. The Morgan fingerprint density at radius 1 is 0.960 bits per heavy atom. The minimum atomic E-state index is -0.510. The van der Waals surface area contributed by atoms with Crippen molar-refractivity contribution in [2.24, 2.45) is 0 Å². The van der Waals surface area contributed by atoms with Crippen LogP contribution in [0.25, 0.3) is 11.1 Å². The second-order valence-electron chi connectivity index (χ2n) is 5.63. The molecular formula is C18H13FN4O2. The standard InChI is InChI=1S/C18H13FN4O2/c19-15-5-13(8-22-10-15)12-4-14(9-21-7-12)16-17(25-18(24)23-16)11-2-1-3-20-6-11/h1-10,16-17H,(H,23,24)/t16-,17-/m1/s1. The smallest absolute Gasteiger partial charge is 0.408 e. The molecule has 6 nitrogen and oxygen atoms in total. The fraction of sp³-hybridized carbons (Fsp3) is 0.111. The van der Waals surface area contributed by atoms with Gasteiger partial charge in [0.05, 0.1) is 6.20 Å². The van der Waals surface area contributed by atoms with Crippen molar-refractivity contribution in [1.29, 1.82) is 0 Å². The molecule has 2 atom stereocenters. The molecular weight excluding hydrogens is 323 g/mol. The van der Waals surface area contributed by atoms with Crippen molar-refractivity contribution in [2.45, 2.75) is 12.1 Å².